The SMILES string of the molecule is NC(=O)N[C@@H](CC(=O)NC1CCCCCC1)c1cccc(Oc2ccccc2)c1. The van der Waals surface area contributed by atoms with E-state index in [4.69, 9.17) is 10.5 Å². The highest BCUT2D eigenvalue weighted by Gasteiger charge is 2.21. The number of carbonyl (C=O) groups is 2. The maximum Gasteiger partial charge on any atom is 0.312 e. The zero-order valence-corrected chi connectivity index (χ0v) is 16.6. The van der Waals surface area contributed by atoms with Crippen LogP contribution < -0.4 is 21.1 Å². The molecule has 6 nitrogen and oxygen atoms in total. The number of urea groups is 1. The fourth-order valence-corrected chi connectivity index (χ4v) is 3.74. The monoisotopic (exact) mass is 395 g/mol. The van der Waals surface area contributed by atoms with Crippen LogP contribution >= 0.6 is 0 Å². The van der Waals surface area contributed by atoms with Crippen molar-refractivity contribution in [2.75, 3.05) is 0 Å². The Morgan fingerprint density at radius 3 is 2.34 bits per heavy atom. The van der Waals surface area contributed by atoms with Crippen LogP contribution in [-0.4, -0.2) is 18.0 Å². The quantitative estimate of drug-likeness (QED) is 0.606. The molecule has 1 saturated carbocycles. The first kappa shape index (κ1) is 20.7. The first-order valence-electron chi connectivity index (χ1n) is 10.3. The predicted octanol–water partition coefficient (Wildman–Crippen LogP) is 4.42. The van der Waals surface area contributed by atoms with E-state index in [1.54, 1.807) is 0 Å². The number of hydrogen-bond acceptors (Lipinski definition) is 3. The Morgan fingerprint density at radius 2 is 1.66 bits per heavy atom. The summed E-state index contributed by atoms with van der Waals surface area (Å²) in [6, 6.07) is 15.8. The first-order valence-corrected chi connectivity index (χ1v) is 10.3. The van der Waals surface area contributed by atoms with E-state index in [2.05, 4.69) is 10.6 Å². The van der Waals surface area contributed by atoms with Gasteiger partial charge in [0.05, 0.1) is 12.5 Å². The number of carbonyl (C=O) groups excluding carboxylic acids is 2. The fraction of sp³-hybridized carbons (Fsp3) is 0.391. The van der Waals surface area contributed by atoms with Gasteiger partial charge in [-0.25, -0.2) is 4.79 Å². The molecule has 29 heavy (non-hydrogen) atoms. The molecule has 6 heteroatoms. The summed E-state index contributed by atoms with van der Waals surface area (Å²) in [6.45, 7) is 0. The summed E-state index contributed by atoms with van der Waals surface area (Å²) in [7, 11) is 0. The van der Waals surface area contributed by atoms with Crippen molar-refractivity contribution in [3.05, 3.63) is 60.2 Å². The molecule has 0 aliphatic heterocycles. The van der Waals surface area contributed by atoms with Crippen LogP contribution in [0, 0.1) is 0 Å². The average molecular weight is 396 g/mol. The molecule has 0 heterocycles. The topological polar surface area (TPSA) is 93.5 Å². The van der Waals surface area contributed by atoms with E-state index in [0.717, 1.165) is 37.0 Å². The lowest BCUT2D eigenvalue weighted by Crippen LogP contribution is -2.39. The number of amides is 3. The molecule has 1 aliphatic carbocycles. The Labute approximate surface area is 171 Å². The van der Waals surface area contributed by atoms with Crippen molar-refractivity contribution in [1.29, 1.82) is 0 Å². The Bertz CT molecular complexity index is 802. The highest BCUT2D eigenvalue weighted by Crippen LogP contribution is 2.26. The summed E-state index contributed by atoms with van der Waals surface area (Å²) < 4.78 is 5.87. The van der Waals surface area contributed by atoms with Gasteiger partial charge in [-0.1, -0.05) is 56.0 Å². The summed E-state index contributed by atoms with van der Waals surface area (Å²) in [5.41, 5.74) is 6.13. The summed E-state index contributed by atoms with van der Waals surface area (Å²) in [5.74, 6) is 1.27. The van der Waals surface area contributed by atoms with Crippen molar-refractivity contribution >= 4 is 11.9 Å². The van der Waals surface area contributed by atoms with Crippen molar-refractivity contribution in [3.63, 3.8) is 0 Å². The summed E-state index contributed by atoms with van der Waals surface area (Å²) in [4.78, 5) is 24.2. The van der Waals surface area contributed by atoms with Gasteiger partial charge in [-0.2, -0.15) is 0 Å². The molecule has 0 unspecified atom stereocenters. The Morgan fingerprint density at radius 1 is 0.966 bits per heavy atom. The van der Waals surface area contributed by atoms with E-state index in [-0.39, 0.29) is 18.4 Å². The second-order valence-electron chi connectivity index (χ2n) is 7.51. The van der Waals surface area contributed by atoms with Gasteiger partial charge < -0.3 is 21.1 Å². The second-order valence-corrected chi connectivity index (χ2v) is 7.51. The molecule has 2 aromatic carbocycles. The van der Waals surface area contributed by atoms with Gasteiger partial charge in [-0.15, -0.1) is 0 Å². The van der Waals surface area contributed by atoms with Crippen molar-refractivity contribution in [2.24, 2.45) is 5.73 Å². The molecule has 1 fully saturated rings. The smallest absolute Gasteiger partial charge is 0.312 e. The molecular weight excluding hydrogens is 366 g/mol. The molecule has 0 aromatic heterocycles. The van der Waals surface area contributed by atoms with Crippen molar-refractivity contribution in [1.82, 2.24) is 10.6 Å². The van der Waals surface area contributed by atoms with Gasteiger partial charge in [0.25, 0.3) is 0 Å². The molecule has 0 spiro atoms. The molecule has 3 rings (SSSR count). The van der Waals surface area contributed by atoms with E-state index < -0.39 is 12.1 Å². The predicted molar refractivity (Wildman–Crippen MR) is 113 cm³/mol. The maximum atomic E-state index is 12.6. The molecule has 0 saturated heterocycles. The average Bonchev–Trinajstić information content (AvgIpc) is 2.97. The van der Waals surface area contributed by atoms with Crippen molar-refractivity contribution in [3.8, 4) is 11.5 Å². The zero-order chi connectivity index (χ0) is 20.5. The summed E-state index contributed by atoms with van der Waals surface area (Å²) >= 11 is 0. The van der Waals surface area contributed by atoms with Crippen LogP contribution in [0.4, 0.5) is 4.79 Å². The molecule has 1 aliphatic rings. The molecule has 154 valence electrons. The van der Waals surface area contributed by atoms with Crippen LogP contribution in [0.1, 0.15) is 56.6 Å². The largest absolute Gasteiger partial charge is 0.457 e. The number of rotatable bonds is 7. The Balaban J connectivity index is 1.68. The maximum absolute atomic E-state index is 12.6. The zero-order valence-electron chi connectivity index (χ0n) is 16.6. The van der Waals surface area contributed by atoms with Gasteiger partial charge >= 0.3 is 6.03 Å². The number of benzene rings is 2. The highest BCUT2D eigenvalue weighted by atomic mass is 16.5. The highest BCUT2D eigenvalue weighted by molar-refractivity contribution is 5.79. The summed E-state index contributed by atoms with van der Waals surface area (Å²) in [6.07, 6.45) is 6.91. The van der Waals surface area contributed by atoms with Gasteiger partial charge in [0, 0.05) is 6.04 Å². The number of hydrogen-bond donors (Lipinski definition) is 3. The number of para-hydroxylation sites is 1. The standard InChI is InChI=1S/C23H29N3O3/c24-23(28)26-21(16-22(27)25-18-10-4-1-2-5-11-18)17-9-8-14-20(15-17)29-19-12-6-3-7-13-19/h3,6-9,12-15,18,21H,1-2,4-5,10-11,16H2,(H,25,27)(H3,24,26,28)/t21-/m0/s1. The molecule has 1 atom stereocenters. The Kier molecular flexibility index (Phi) is 7.50. The van der Waals surface area contributed by atoms with Crippen LogP contribution in [0.15, 0.2) is 54.6 Å². The molecule has 0 radical (unpaired) electrons. The third kappa shape index (κ3) is 6.82. The van der Waals surface area contributed by atoms with Crippen molar-refractivity contribution < 1.29 is 14.3 Å². The third-order valence-corrected chi connectivity index (χ3v) is 5.17. The van der Waals surface area contributed by atoms with Crippen LogP contribution in [0.25, 0.3) is 0 Å². The molecule has 4 N–H and O–H groups in total. The lowest BCUT2D eigenvalue weighted by atomic mass is 10.0. The third-order valence-electron chi connectivity index (χ3n) is 5.17. The van der Waals surface area contributed by atoms with E-state index in [1.807, 2.05) is 54.6 Å². The fourth-order valence-electron chi connectivity index (χ4n) is 3.74. The van der Waals surface area contributed by atoms with E-state index in [9.17, 15) is 9.59 Å². The second kappa shape index (κ2) is 10.5. The Hall–Kier alpha value is -3.02. The number of nitrogens with two attached hydrogens (primary N) is 1. The van der Waals surface area contributed by atoms with E-state index in [1.165, 1.54) is 12.8 Å². The van der Waals surface area contributed by atoms with Gasteiger partial charge in [0.2, 0.25) is 5.91 Å². The minimum Gasteiger partial charge on any atom is -0.457 e. The minimum absolute atomic E-state index is 0.0787. The molecule has 2 aromatic rings. The van der Waals surface area contributed by atoms with Crippen LogP contribution in [0.2, 0.25) is 0 Å². The van der Waals surface area contributed by atoms with Crippen molar-refractivity contribution in [2.45, 2.75) is 57.0 Å². The number of ether oxygens (including phenoxy) is 1. The lowest BCUT2D eigenvalue weighted by Gasteiger charge is -2.21. The normalized spacial score (nSPS) is 15.7. The van der Waals surface area contributed by atoms with Gasteiger partial charge in [-0.05, 0) is 42.7 Å². The molecular formula is C23H29N3O3. The van der Waals surface area contributed by atoms with Crippen LogP contribution in [-0.2, 0) is 4.79 Å². The lowest BCUT2D eigenvalue weighted by molar-refractivity contribution is -0.122. The van der Waals surface area contributed by atoms with Gasteiger partial charge in [0.1, 0.15) is 11.5 Å². The minimum atomic E-state index is -0.661. The van der Waals surface area contributed by atoms with E-state index in [0.29, 0.717) is 5.75 Å². The van der Waals surface area contributed by atoms with Crippen LogP contribution in [0.3, 0.4) is 0 Å². The number of primary amides is 1. The van der Waals surface area contributed by atoms with Gasteiger partial charge in [0.15, 0.2) is 0 Å². The summed E-state index contributed by atoms with van der Waals surface area (Å²) in [5, 5.41) is 5.81. The van der Waals surface area contributed by atoms with Gasteiger partial charge in [-0.3, -0.25) is 4.79 Å². The van der Waals surface area contributed by atoms with Crippen LogP contribution in [0.5, 0.6) is 11.5 Å². The molecule has 3 amide bonds. The first-order chi connectivity index (χ1) is 14.1. The number of nitrogens with one attached hydrogen (secondary N) is 2. The van der Waals surface area contributed by atoms with E-state index >= 15 is 0 Å². The molecule has 0 bridgehead atoms.